The highest BCUT2D eigenvalue weighted by atomic mass is 19.1. The summed E-state index contributed by atoms with van der Waals surface area (Å²) in [6.45, 7) is 0.330. The average Bonchev–Trinajstić information content (AvgIpc) is 2.80. The molecular formula is C19H15FN4O. The molecule has 0 saturated carbocycles. The van der Waals surface area contributed by atoms with Gasteiger partial charge in [-0.15, -0.1) is 0 Å². The number of hydrogen-bond acceptors (Lipinski definition) is 5. The van der Waals surface area contributed by atoms with E-state index in [9.17, 15) is 4.39 Å². The fourth-order valence-electron chi connectivity index (χ4n) is 3.05. The molecular weight excluding hydrogens is 319 g/mol. The monoisotopic (exact) mass is 334 g/mol. The van der Waals surface area contributed by atoms with Crippen LogP contribution >= 0.6 is 0 Å². The topological polar surface area (TPSA) is 73.4 Å². The van der Waals surface area contributed by atoms with Crippen LogP contribution in [0.4, 0.5) is 10.3 Å². The summed E-state index contributed by atoms with van der Waals surface area (Å²) in [5, 5.41) is 0. The predicted octanol–water partition coefficient (Wildman–Crippen LogP) is 3.47. The molecule has 0 amide bonds. The molecule has 2 aromatic carbocycles. The summed E-state index contributed by atoms with van der Waals surface area (Å²) in [4.78, 5) is 13.2. The van der Waals surface area contributed by atoms with Crippen molar-refractivity contribution in [3.63, 3.8) is 0 Å². The molecule has 0 aliphatic carbocycles. The van der Waals surface area contributed by atoms with Crippen molar-refractivity contribution in [2.45, 2.75) is 6.54 Å². The van der Waals surface area contributed by atoms with Crippen LogP contribution in [0.5, 0.6) is 5.75 Å². The second-order valence-electron chi connectivity index (χ2n) is 5.63. The van der Waals surface area contributed by atoms with E-state index in [1.807, 2.05) is 24.3 Å². The van der Waals surface area contributed by atoms with Crippen molar-refractivity contribution < 1.29 is 9.13 Å². The average molecular weight is 334 g/mol. The summed E-state index contributed by atoms with van der Waals surface area (Å²) >= 11 is 0. The minimum atomic E-state index is -0.429. The number of nitrogen functional groups attached to an aromatic ring is 1. The molecule has 5 nitrogen and oxygen atoms in total. The zero-order valence-corrected chi connectivity index (χ0v) is 13.5. The molecule has 0 radical (unpaired) electrons. The lowest BCUT2D eigenvalue weighted by Gasteiger charge is -2.15. The smallest absolute Gasteiger partial charge is 0.221 e. The van der Waals surface area contributed by atoms with Crippen LogP contribution in [0, 0.1) is 5.82 Å². The molecule has 0 fully saturated rings. The lowest BCUT2D eigenvalue weighted by molar-refractivity contribution is 0.413. The highest BCUT2D eigenvalue weighted by molar-refractivity contribution is 5.93. The Labute approximate surface area is 144 Å². The first kappa shape index (κ1) is 15.3. The number of benzene rings is 2. The molecule has 0 unspecified atom stereocenters. The highest BCUT2D eigenvalue weighted by Gasteiger charge is 2.23. The normalized spacial score (nSPS) is 12.2. The third kappa shape index (κ3) is 2.52. The highest BCUT2D eigenvalue weighted by Crippen LogP contribution is 2.38. The van der Waals surface area contributed by atoms with E-state index in [0.717, 1.165) is 16.7 Å². The van der Waals surface area contributed by atoms with Gasteiger partial charge in [-0.1, -0.05) is 30.3 Å². The molecule has 0 spiro atoms. The molecule has 0 saturated heterocycles. The number of aliphatic imine (C=N–C) groups is 1. The maximum atomic E-state index is 14.6. The van der Waals surface area contributed by atoms with E-state index in [4.69, 9.17) is 10.5 Å². The zero-order valence-electron chi connectivity index (χ0n) is 13.5. The minimum Gasteiger partial charge on any atom is -0.496 e. The summed E-state index contributed by atoms with van der Waals surface area (Å²) in [6.07, 6.45) is 1.79. The molecule has 25 heavy (non-hydrogen) atoms. The van der Waals surface area contributed by atoms with Gasteiger partial charge in [0.1, 0.15) is 11.6 Å². The first-order chi connectivity index (χ1) is 12.2. The third-order valence-electron chi connectivity index (χ3n) is 4.15. The van der Waals surface area contributed by atoms with E-state index in [1.54, 1.807) is 18.3 Å². The van der Waals surface area contributed by atoms with Crippen LogP contribution < -0.4 is 10.5 Å². The fourth-order valence-corrected chi connectivity index (χ4v) is 3.05. The Kier molecular flexibility index (Phi) is 3.65. The number of nitrogens with two attached hydrogens (primary N) is 1. The molecule has 2 heterocycles. The number of anilines is 1. The lowest BCUT2D eigenvalue weighted by Crippen LogP contribution is -2.06. The first-order valence-electron chi connectivity index (χ1n) is 7.77. The molecule has 124 valence electrons. The van der Waals surface area contributed by atoms with Crippen LogP contribution in [-0.4, -0.2) is 23.3 Å². The molecule has 1 aliphatic heterocycles. The fraction of sp³-hybridized carbons (Fsp3) is 0.105. The molecule has 0 bridgehead atoms. The number of aromatic nitrogens is 2. The van der Waals surface area contributed by atoms with Crippen molar-refractivity contribution in [3.8, 4) is 28.3 Å². The summed E-state index contributed by atoms with van der Waals surface area (Å²) in [5.74, 6) is 0.0405. The van der Waals surface area contributed by atoms with Gasteiger partial charge >= 0.3 is 0 Å². The van der Waals surface area contributed by atoms with Crippen molar-refractivity contribution in [2.24, 2.45) is 4.99 Å². The van der Waals surface area contributed by atoms with Crippen LogP contribution in [0.25, 0.3) is 22.5 Å². The quantitative estimate of drug-likeness (QED) is 0.779. The Hall–Kier alpha value is -3.28. The van der Waals surface area contributed by atoms with Crippen molar-refractivity contribution in [3.05, 3.63) is 59.4 Å². The van der Waals surface area contributed by atoms with Crippen molar-refractivity contribution in [2.75, 3.05) is 12.8 Å². The number of rotatable bonds is 2. The number of nitrogens with zero attached hydrogens (tertiary/aromatic N) is 3. The summed E-state index contributed by atoms with van der Waals surface area (Å²) in [7, 11) is 1.49. The third-order valence-corrected chi connectivity index (χ3v) is 4.15. The maximum absolute atomic E-state index is 14.6. The van der Waals surface area contributed by atoms with Gasteiger partial charge in [0.15, 0.2) is 0 Å². The largest absolute Gasteiger partial charge is 0.496 e. The number of ether oxygens (including phenoxy) is 1. The molecule has 1 aliphatic rings. The second kappa shape index (κ2) is 5.98. The molecule has 4 rings (SSSR count). The van der Waals surface area contributed by atoms with E-state index in [2.05, 4.69) is 15.0 Å². The molecule has 2 N–H and O–H groups in total. The second-order valence-corrected chi connectivity index (χ2v) is 5.63. The molecule has 6 heteroatoms. The maximum Gasteiger partial charge on any atom is 0.221 e. The molecule has 1 aromatic heterocycles. The number of hydrogen-bond donors (Lipinski definition) is 1. The summed E-state index contributed by atoms with van der Waals surface area (Å²) < 4.78 is 19.9. The van der Waals surface area contributed by atoms with Gasteiger partial charge in [0.2, 0.25) is 5.95 Å². The number of halogens is 1. The lowest BCUT2D eigenvalue weighted by atomic mass is 9.97. The van der Waals surface area contributed by atoms with Gasteiger partial charge in [0, 0.05) is 22.9 Å². The van der Waals surface area contributed by atoms with E-state index < -0.39 is 5.82 Å². The molecule has 3 aromatic rings. The number of fused-ring (bicyclic) bond motifs is 3. The predicted molar refractivity (Wildman–Crippen MR) is 95.1 cm³/mol. The minimum absolute atomic E-state index is 0.0794. The van der Waals surface area contributed by atoms with Gasteiger partial charge < -0.3 is 10.5 Å². The Morgan fingerprint density at radius 1 is 1.04 bits per heavy atom. The van der Waals surface area contributed by atoms with Gasteiger partial charge in [-0.3, -0.25) is 4.99 Å². The van der Waals surface area contributed by atoms with Gasteiger partial charge in [-0.25, -0.2) is 14.4 Å². The zero-order chi connectivity index (χ0) is 17.4. The Bertz CT molecular complexity index is 1000. The van der Waals surface area contributed by atoms with E-state index in [-0.39, 0.29) is 11.5 Å². The van der Waals surface area contributed by atoms with Gasteiger partial charge in [-0.2, -0.15) is 0 Å². The first-order valence-corrected chi connectivity index (χ1v) is 7.77. The van der Waals surface area contributed by atoms with Crippen LogP contribution in [0.3, 0.4) is 0 Å². The van der Waals surface area contributed by atoms with Crippen molar-refractivity contribution in [1.82, 2.24) is 9.97 Å². The van der Waals surface area contributed by atoms with Crippen LogP contribution in [0.2, 0.25) is 0 Å². The number of methoxy groups -OCH3 is 1. The SMILES string of the molecule is COc1cccc(F)c1-c1nc(N)nc2c1CN=Cc1ccccc1-2. The van der Waals surface area contributed by atoms with E-state index in [1.165, 1.54) is 13.2 Å². The molecule has 0 atom stereocenters. The van der Waals surface area contributed by atoms with Gasteiger partial charge in [0.05, 0.1) is 30.6 Å². The Morgan fingerprint density at radius 3 is 2.68 bits per heavy atom. The summed E-state index contributed by atoms with van der Waals surface area (Å²) in [5.41, 5.74) is 9.84. The van der Waals surface area contributed by atoms with Crippen LogP contribution in [0.1, 0.15) is 11.1 Å². The van der Waals surface area contributed by atoms with Crippen LogP contribution in [-0.2, 0) is 6.54 Å². The Balaban J connectivity index is 2.06. The van der Waals surface area contributed by atoms with E-state index >= 15 is 0 Å². The van der Waals surface area contributed by atoms with Crippen molar-refractivity contribution in [1.29, 1.82) is 0 Å². The van der Waals surface area contributed by atoms with Gasteiger partial charge in [-0.05, 0) is 12.1 Å². The van der Waals surface area contributed by atoms with Crippen LogP contribution in [0.15, 0.2) is 47.5 Å². The van der Waals surface area contributed by atoms with E-state index in [0.29, 0.717) is 23.7 Å². The van der Waals surface area contributed by atoms with Crippen molar-refractivity contribution >= 4 is 12.2 Å². The Morgan fingerprint density at radius 2 is 1.84 bits per heavy atom. The van der Waals surface area contributed by atoms with Gasteiger partial charge in [0.25, 0.3) is 0 Å². The standard InChI is InChI=1S/C19H15FN4O/c1-25-15-8-4-7-14(20)16(15)18-13-10-22-9-11-5-2-3-6-12(11)17(13)23-19(21)24-18/h2-9H,10H2,1H3,(H2,21,23,24). The summed E-state index contributed by atoms with van der Waals surface area (Å²) in [6, 6.07) is 12.4.